The van der Waals surface area contributed by atoms with Crippen molar-refractivity contribution in [3.05, 3.63) is 58.7 Å². The van der Waals surface area contributed by atoms with Crippen LogP contribution in [0.5, 0.6) is 0 Å². The maximum atomic E-state index is 12.1. The van der Waals surface area contributed by atoms with Crippen LogP contribution in [0, 0.1) is 0 Å². The molecule has 0 heterocycles. The highest BCUT2D eigenvalue weighted by atomic mass is 35.5. The third-order valence-electron chi connectivity index (χ3n) is 3.10. The molecule has 0 saturated carbocycles. The Hall–Kier alpha value is -1.78. The fourth-order valence-electron chi connectivity index (χ4n) is 2.08. The van der Waals surface area contributed by atoms with E-state index in [0.29, 0.717) is 10.6 Å². The number of allylic oxidation sites excluding steroid dienone is 2. The van der Waals surface area contributed by atoms with Crippen LogP contribution in [0.2, 0.25) is 5.02 Å². The van der Waals surface area contributed by atoms with Crippen LogP contribution in [0.1, 0.15) is 12.0 Å². The van der Waals surface area contributed by atoms with Crippen molar-refractivity contribution in [1.29, 1.82) is 0 Å². The summed E-state index contributed by atoms with van der Waals surface area (Å²) in [6.45, 7) is 0. The van der Waals surface area contributed by atoms with E-state index in [0.717, 1.165) is 0 Å². The zero-order chi connectivity index (χ0) is 15.5. The molecular weight excluding hydrogens is 313 g/mol. The molecule has 1 atom stereocenters. The number of carbonyl (C=O) groups excluding carboxylic acids is 1. The fourth-order valence-corrected chi connectivity index (χ4v) is 2.62. The highest BCUT2D eigenvalue weighted by molar-refractivity contribution is 6.31. The normalized spacial score (nSPS) is 20.8. The average molecular weight is 326 g/mol. The highest BCUT2D eigenvalue weighted by Gasteiger charge is 2.37. The number of rotatable bonds is 4. The van der Waals surface area contributed by atoms with Crippen molar-refractivity contribution in [3.8, 4) is 0 Å². The van der Waals surface area contributed by atoms with Crippen molar-refractivity contribution >= 4 is 35.1 Å². The second-order valence-electron chi connectivity index (χ2n) is 4.64. The third kappa shape index (κ3) is 3.65. The Labute approximate surface area is 132 Å². The Kier molecular flexibility index (Phi) is 4.70. The number of carbonyl (C=O) groups is 2. The van der Waals surface area contributed by atoms with E-state index in [1.54, 1.807) is 36.4 Å². The van der Waals surface area contributed by atoms with Gasteiger partial charge in [-0.3, -0.25) is 4.79 Å². The van der Waals surface area contributed by atoms with Crippen molar-refractivity contribution in [3.63, 3.8) is 0 Å². The number of nitrogens with one attached hydrogen (secondary N) is 1. The molecule has 2 N–H and O–H groups in total. The van der Waals surface area contributed by atoms with Gasteiger partial charge in [-0.05, 0) is 17.7 Å². The van der Waals surface area contributed by atoms with Crippen LogP contribution in [0.15, 0.2) is 48.1 Å². The number of carboxylic acid groups (broad SMARTS) is 1. The molecular formula is C15H13Cl2NO3. The molecule has 4 nitrogen and oxygen atoms in total. The van der Waals surface area contributed by atoms with Crippen molar-refractivity contribution < 1.29 is 14.7 Å². The Morgan fingerprint density at radius 2 is 2.05 bits per heavy atom. The second-order valence-corrected chi connectivity index (χ2v) is 5.69. The minimum atomic E-state index is -1.43. The van der Waals surface area contributed by atoms with E-state index in [9.17, 15) is 9.59 Å². The Bertz CT molecular complexity index is 640. The largest absolute Gasteiger partial charge is 0.478 e. The minimum Gasteiger partial charge on any atom is -0.478 e. The first-order chi connectivity index (χ1) is 9.92. The molecule has 0 aliphatic heterocycles. The van der Waals surface area contributed by atoms with E-state index in [1.165, 1.54) is 6.08 Å². The molecule has 110 valence electrons. The molecule has 1 aliphatic rings. The molecule has 0 aromatic heterocycles. The van der Waals surface area contributed by atoms with E-state index >= 15 is 0 Å². The number of hydrogen-bond acceptors (Lipinski definition) is 2. The summed E-state index contributed by atoms with van der Waals surface area (Å²) in [4.78, 5) is 21.9. The van der Waals surface area contributed by atoms with Gasteiger partial charge in [-0.2, -0.15) is 0 Å². The van der Waals surface area contributed by atoms with Gasteiger partial charge in [0.1, 0.15) is 0 Å². The SMILES string of the molecule is O=C(Cc1ccccc1Cl)NC1(Cl)CC=CC=C1C(=O)O. The summed E-state index contributed by atoms with van der Waals surface area (Å²) in [6, 6.07) is 6.96. The van der Waals surface area contributed by atoms with Crippen LogP contribution >= 0.6 is 23.2 Å². The third-order valence-corrected chi connectivity index (χ3v) is 3.92. The summed E-state index contributed by atoms with van der Waals surface area (Å²) in [6.07, 6.45) is 4.93. The van der Waals surface area contributed by atoms with Crippen LogP contribution in [-0.2, 0) is 16.0 Å². The van der Waals surface area contributed by atoms with Crippen LogP contribution in [0.4, 0.5) is 0 Å². The Balaban J connectivity index is 2.12. The van der Waals surface area contributed by atoms with Gasteiger partial charge >= 0.3 is 5.97 Å². The number of carboxylic acids is 1. The lowest BCUT2D eigenvalue weighted by atomic mass is 9.97. The van der Waals surface area contributed by atoms with Crippen molar-refractivity contribution in [1.82, 2.24) is 5.32 Å². The predicted octanol–water partition coefficient (Wildman–Crippen LogP) is 2.90. The van der Waals surface area contributed by atoms with Gasteiger partial charge < -0.3 is 10.4 Å². The molecule has 1 amide bonds. The molecule has 1 aromatic rings. The first kappa shape index (κ1) is 15.6. The lowest BCUT2D eigenvalue weighted by Crippen LogP contribution is -2.48. The zero-order valence-corrected chi connectivity index (χ0v) is 12.5. The smallest absolute Gasteiger partial charge is 0.335 e. The number of benzene rings is 1. The molecule has 1 aliphatic carbocycles. The second kappa shape index (κ2) is 6.33. The number of hydrogen-bond donors (Lipinski definition) is 2. The number of halogens is 2. The van der Waals surface area contributed by atoms with Gasteiger partial charge in [-0.1, -0.05) is 53.6 Å². The monoisotopic (exact) mass is 325 g/mol. The lowest BCUT2D eigenvalue weighted by Gasteiger charge is -2.29. The quantitative estimate of drug-likeness (QED) is 0.660. The van der Waals surface area contributed by atoms with E-state index in [2.05, 4.69) is 5.32 Å². The van der Waals surface area contributed by atoms with Gasteiger partial charge in [0.2, 0.25) is 5.91 Å². The van der Waals surface area contributed by atoms with Gasteiger partial charge in [0.15, 0.2) is 5.00 Å². The van der Waals surface area contributed by atoms with Gasteiger partial charge in [0.05, 0.1) is 12.0 Å². The molecule has 0 spiro atoms. The van der Waals surface area contributed by atoms with Crippen molar-refractivity contribution in [2.24, 2.45) is 0 Å². The first-order valence-electron chi connectivity index (χ1n) is 6.26. The molecule has 0 radical (unpaired) electrons. The molecule has 2 rings (SSSR count). The van der Waals surface area contributed by atoms with Crippen LogP contribution in [0.3, 0.4) is 0 Å². The van der Waals surface area contributed by atoms with Crippen LogP contribution < -0.4 is 5.32 Å². The van der Waals surface area contributed by atoms with E-state index in [-0.39, 0.29) is 24.3 Å². The predicted molar refractivity (Wildman–Crippen MR) is 81.4 cm³/mol. The zero-order valence-electron chi connectivity index (χ0n) is 11.0. The van der Waals surface area contributed by atoms with Gasteiger partial charge in [-0.25, -0.2) is 4.79 Å². The molecule has 0 saturated heterocycles. The summed E-state index contributed by atoms with van der Waals surface area (Å²) >= 11 is 12.3. The minimum absolute atomic E-state index is 0.0325. The Morgan fingerprint density at radius 1 is 1.33 bits per heavy atom. The summed E-state index contributed by atoms with van der Waals surface area (Å²) in [5, 5.41) is 12.2. The number of alkyl halides is 1. The molecule has 0 bridgehead atoms. The molecule has 1 unspecified atom stereocenters. The van der Waals surface area contributed by atoms with Gasteiger partial charge in [0, 0.05) is 11.4 Å². The molecule has 21 heavy (non-hydrogen) atoms. The van der Waals surface area contributed by atoms with Crippen LogP contribution in [-0.4, -0.2) is 22.0 Å². The fraction of sp³-hybridized carbons (Fsp3) is 0.200. The molecule has 0 fully saturated rings. The summed E-state index contributed by atoms with van der Waals surface area (Å²) in [7, 11) is 0. The van der Waals surface area contributed by atoms with E-state index in [4.69, 9.17) is 28.3 Å². The summed E-state index contributed by atoms with van der Waals surface area (Å²) in [5.74, 6) is -1.55. The number of amides is 1. The first-order valence-corrected chi connectivity index (χ1v) is 7.02. The van der Waals surface area contributed by atoms with Crippen LogP contribution in [0.25, 0.3) is 0 Å². The maximum absolute atomic E-state index is 12.1. The molecule has 1 aromatic carbocycles. The maximum Gasteiger partial charge on any atom is 0.335 e. The lowest BCUT2D eigenvalue weighted by molar-refractivity contribution is -0.133. The summed E-state index contributed by atoms with van der Waals surface area (Å²) < 4.78 is 0. The number of aliphatic carboxylic acids is 1. The van der Waals surface area contributed by atoms with Crippen molar-refractivity contribution in [2.75, 3.05) is 0 Å². The standard InChI is InChI=1S/C15H13Cl2NO3/c16-12-7-2-1-5-10(12)9-13(19)18-15(17)8-4-3-6-11(15)14(20)21/h1-7H,8-9H2,(H,18,19)(H,20,21). The molecule has 6 heteroatoms. The van der Waals surface area contributed by atoms with E-state index in [1.807, 2.05) is 0 Å². The topological polar surface area (TPSA) is 66.4 Å². The summed E-state index contributed by atoms with van der Waals surface area (Å²) in [5.41, 5.74) is 0.600. The Morgan fingerprint density at radius 3 is 2.71 bits per heavy atom. The van der Waals surface area contributed by atoms with E-state index < -0.39 is 11.0 Å². The van der Waals surface area contributed by atoms with Gasteiger partial charge in [-0.15, -0.1) is 0 Å². The van der Waals surface area contributed by atoms with Crippen molar-refractivity contribution in [2.45, 2.75) is 17.8 Å². The highest BCUT2D eigenvalue weighted by Crippen LogP contribution is 2.30. The average Bonchev–Trinajstić information content (AvgIpc) is 2.41. The van der Waals surface area contributed by atoms with Gasteiger partial charge in [0.25, 0.3) is 0 Å².